The minimum absolute atomic E-state index is 0.0737. The van der Waals surface area contributed by atoms with E-state index in [9.17, 15) is 14.4 Å². The van der Waals surface area contributed by atoms with Crippen molar-refractivity contribution in [3.63, 3.8) is 0 Å². The van der Waals surface area contributed by atoms with Gasteiger partial charge in [-0.1, -0.05) is 20.8 Å². The summed E-state index contributed by atoms with van der Waals surface area (Å²) in [5, 5.41) is 7.23. The Hall–Kier alpha value is -2.90. The van der Waals surface area contributed by atoms with Crippen molar-refractivity contribution in [1.82, 2.24) is 19.7 Å². The second kappa shape index (κ2) is 6.12. The summed E-state index contributed by atoms with van der Waals surface area (Å²) in [6, 6.07) is 1.85. The zero-order chi connectivity index (χ0) is 19.2. The smallest absolute Gasteiger partial charge is 0.291 e. The third-order valence-electron chi connectivity index (χ3n) is 4.37. The topological polar surface area (TPSA) is 99.1 Å². The zero-order valence-corrected chi connectivity index (χ0v) is 15.5. The van der Waals surface area contributed by atoms with Crippen LogP contribution in [-0.2, 0) is 23.2 Å². The predicted molar refractivity (Wildman–Crippen MR) is 97.0 cm³/mol. The average molecular weight is 358 g/mol. The Morgan fingerprint density at radius 1 is 1.31 bits per heavy atom. The van der Waals surface area contributed by atoms with Crippen molar-refractivity contribution in [3.8, 4) is 0 Å². The number of carbonyl (C=O) groups excluding carboxylic acids is 2. The monoisotopic (exact) mass is 358 g/mol. The fraction of sp³-hybridized carbons (Fsp3) is 0.444. The first-order valence-corrected chi connectivity index (χ1v) is 8.34. The Bertz CT molecular complexity index is 1080. The molecule has 3 aromatic rings. The highest BCUT2D eigenvalue weighted by atomic mass is 16.3. The highest BCUT2D eigenvalue weighted by molar-refractivity contribution is 6.04. The number of fused-ring (bicyclic) bond motifs is 3. The van der Waals surface area contributed by atoms with Gasteiger partial charge in [-0.15, -0.1) is 0 Å². The van der Waals surface area contributed by atoms with Crippen LogP contribution in [0.25, 0.3) is 22.0 Å². The maximum Gasteiger partial charge on any atom is 0.291 e. The van der Waals surface area contributed by atoms with Gasteiger partial charge in [0.1, 0.15) is 17.8 Å². The fourth-order valence-electron chi connectivity index (χ4n) is 2.78. The number of aromatic nitrogens is 3. The number of amides is 1. The van der Waals surface area contributed by atoms with Gasteiger partial charge in [-0.3, -0.25) is 14.4 Å². The van der Waals surface area contributed by atoms with Gasteiger partial charge in [-0.05, 0) is 6.92 Å². The second-order valence-corrected chi connectivity index (χ2v) is 7.45. The molecule has 8 heteroatoms. The first kappa shape index (κ1) is 17.9. The number of nitrogens with one attached hydrogen (secondary N) is 1. The van der Waals surface area contributed by atoms with Crippen LogP contribution in [0.4, 0.5) is 0 Å². The van der Waals surface area contributed by atoms with E-state index in [0.29, 0.717) is 16.5 Å². The summed E-state index contributed by atoms with van der Waals surface area (Å²) in [5.74, 6) is 0.227. The van der Waals surface area contributed by atoms with Gasteiger partial charge in [-0.25, -0.2) is 4.68 Å². The van der Waals surface area contributed by atoms with Crippen LogP contribution < -0.4 is 10.9 Å². The van der Waals surface area contributed by atoms with Crippen LogP contribution in [0.5, 0.6) is 0 Å². The summed E-state index contributed by atoms with van der Waals surface area (Å²) in [7, 11) is 1.77. The lowest BCUT2D eigenvalue weighted by Gasteiger charge is -2.16. The van der Waals surface area contributed by atoms with Gasteiger partial charge in [-0.2, -0.15) is 5.10 Å². The standard InChI is InChI=1S/C18H22N4O4/c1-10-6-12-16(26-10)11-7-20-22(17(25)15(11)21(12)5)9-14(24)19-8-13(23)18(2,3)4/h6-7H,8-9H2,1-5H3,(H,19,24). The minimum atomic E-state index is -0.531. The Labute approximate surface area is 149 Å². The molecule has 0 aliphatic carbocycles. The fourth-order valence-corrected chi connectivity index (χ4v) is 2.78. The Kier molecular flexibility index (Phi) is 4.21. The molecule has 0 aromatic carbocycles. The lowest BCUT2D eigenvalue weighted by Crippen LogP contribution is -2.39. The van der Waals surface area contributed by atoms with E-state index < -0.39 is 11.3 Å². The van der Waals surface area contributed by atoms with Crippen molar-refractivity contribution in [2.45, 2.75) is 34.2 Å². The van der Waals surface area contributed by atoms with E-state index in [4.69, 9.17) is 4.42 Å². The largest absolute Gasteiger partial charge is 0.459 e. The highest BCUT2D eigenvalue weighted by Crippen LogP contribution is 2.28. The van der Waals surface area contributed by atoms with Crippen LogP contribution in [-0.4, -0.2) is 32.6 Å². The maximum absolute atomic E-state index is 12.7. The summed E-state index contributed by atoms with van der Waals surface area (Å²) in [5.41, 5.74) is 0.918. The molecule has 3 rings (SSSR count). The third-order valence-corrected chi connectivity index (χ3v) is 4.37. The average Bonchev–Trinajstić information content (AvgIpc) is 3.04. The van der Waals surface area contributed by atoms with E-state index >= 15 is 0 Å². The third kappa shape index (κ3) is 3.02. The van der Waals surface area contributed by atoms with E-state index in [1.165, 1.54) is 6.20 Å². The molecule has 0 unspecified atom stereocenters. The van der Waals surface area contributed by atoms with Gasteiger partial charge in [0.05, 0.1) is 23.6 Å². The number of furan rings is 1. The van der Waals surface area contributed by atoms with E-state index in [-0.39, 0.29) is 24.4 Å². The van der Waals surface area contributed by atoms with Gasteiger partial charge >= 0.3 is 0 Å². The summed E-state index contributed by atoms with van der Waals surface area (Å²) in [6.07, 6.45) is 1.52. The van der Waals surface area contributed by atoms with E-state index in [2.05, 4.69) is 10.4 Å². The first-order valence-electron chi connectivity index (χ1n) is 8.34. The number of hydrogen-bond donors (Lipinski definition) is 1. The van der Waals surface area contributed by atoms with Crippen LogP contribution >= 0.6 is 0 Å². The minimum Gasteiger partial charge on any atom is -0.459 e. The summed E-state index contributed by atoms with van der Waals surface area (Å²) in [6.45, 7) is 6.87. The molecule has 0 atom stereocenters. The maximum atomic E-state index is 12.7. The lowest BCUT2D eigenvalue weighted by molar-refractivity contribution is -0.129. The molecular formula is C18H22N4O4. The number of Topliss-reactive ketones (excluding diaryl/α,β-unsaturated/α-hetero) is 1. The lowest BCUT2D eigenvalue weighted by atomic mass is 9.91. The van der Waals surface area contributed by atoms with Crippen molar-refractivity contribution < 1.29 is 14.0 Å². The van der Waals surface area contributed by atoms with Gasteiger partial charge in [0.2, 0.25) is 5.91 Å². The van der Waals surface area contributed by atoms with Crippen LogP contribution in [0.1, 0.15) is 26.5 Å². The Morgan fingerprint density at radius 2 is 2.00 bits per heavy atom. The Morgan fingerprint density at radius 3 is 2.65 bits per heavy atom. The molecular weight excluding hydrogens is 336 g/mol. The normalized spacial score (nSPS) is 12.0. The Balaban J connectivity index is 1.86. The van der Waals surface area contributed by atoms with E-state index in [1.807, 2.05) is 13.0 Å². The number of aryl methyl sites for hydroxylation is 2. The molecule has 0 fully saturated rings. The van der Waals surface area contributed by atoms with Crippen LogP contribution in [0, 0.1) is 12.3 Å². The van der Waals surface area contributed by atoms with Crippen molar-refractivity contribution in [3.05, 3.63) is 28.4 Å². The molecule has 0 radical (unpaired) electrons. The molecule has 0 saturated heterocycles. The van der Waals surface area contributed by atoms with Crippen molar-refractivity contribution in [2.24, 2.45) is 12.5 Å². The molecule has 26 heavy (non-hydrogen) atoms. The zero-order valence-electron chi connectivity index (χ0n) is 15.5. The van der Waals surface area contributed by atoms with E-state index in [0.717, 1.165) is 16.0 Å². The summed E-state index contributed by atoms with van der Waals surface area (Å²) >= 11 is 0. The van der Waals surface area contributed by atoms with Gasteiger partial charge in [0.25, 0.3) is 5.56 Å². The van der Waals surface area contributed by atoms with Gasteiger partial charge in [0.15, 0.2) is 11.4 Å². The molecule has 138 valence electrons. The van der Waals surface area contributed by atoms with Crippen molar-refractivity contribution in [1.29, 1.82) is 0 Å². The number of ketones is 1. The predicted octanol–water partition coefficient (Wildman–Crippen LogP) is 1.52. The molecule has 0 aliphatic rings. The molecule has 1 amide bonds. The van der Waals surface area contributed by atoms with Crippen molar-refractivity contribution >= 4 is 33.7 Å². The number of hydrogen-bond acceptors (Lipinski definition) is 5. The molecule has 3 aromatic heterocycles. The molecule has 0 bridgehead atoms. The number of carbonyl (C=O) groups is 2. The van der Waals surface area contributed by atoms with Crippen molar-refractivity contribution in [2.75, 3.05) is 6.54 Å². The summed E-state index contributed by atoms with van der Waals surface area (Å²) < 4.78 is 8.48. The quantitative estimate of drug-likeness (QED) is 0.762. The molecule has 0 aliphatic heterocycles. The van der Waals surface area contributed by atoms with Crippen LogP contribution in [0.15, 0.2) is 21.5 Å². The second-order valence-electron chi connectivity index (χ2n) is 7.45. The molecule has 0 saturated carbocycles. The van der Waals surface area contributed by atoms with E-state index in [1.54, 1.807) is 32.4 Å². The van der Waals surface area contributed by atoms with Gasteiger partial charge < -0.3 is 14.3 Å². The molecule has 0 spiro atoms. The molecule has 1 N–H and O–H groups in total. The SMILES string of the molecule is Cc1cc2c(o1)c1cnn(CC(=O)NCC(=O)C(C)(C)C)c(=O)c1n2C. The molecule has 8 nitrogen and oxygen atoms in total. The highest BCUT2D eigenvalue weighted by Gasteiger charge is 2.22. The number of nitrogens with zero attached hydrogens (tertiary/aromatic N) is 3. The van der Waals surface area contributed by atoms with Gasteiger partial charge in [0, 0.05) is 18.5 Å². The summed E-state index contributed by atoms with van der Waals surface area (Å²) in [4.78, 5) is 36.7. The van der Waals surface area contributed by atoms with Crippen LogP contribution in [0.3, 0.4) is 0 Å². The van der Waals surface area contributed by atoms with Crippen LogP contribution in [0.2, 0.25) is 0 Å². The number of rotatable bonds is 4. The molecule has 3 heterocycles. The first-order chi connectivity index (χ1) is 12.1.